The number of nitrogens with one attached hydrogen (secondary N) is 1. The fraction of sp³-hybridized carbons (Fsp3) is 0.719. The van der Waals surface area contributed by atoms with Gasteiger partial charge in [-0.25, -0.2) is 0 Å². The van der Waals surface area contributed by atoms with Crippen molar-refractivity contribution in [2.75, 3.05) is 19.8 Å². The van der Waals surface area contributed by atoms with Gasteiger partial charge in [0.2, 0.25) is 5.91 Å². The molecule has 0 aromatic rings. The monoisotopic (exact) mass is 956 g/mol. The standard InChI is InChI=1S/C57H97NO10/c1-3-5-7-9-11-13-15-17-21-25-29-33-37-41-45-53(62)66-46-42-38-34-30-26-22-18-20-24-28-32-36-40-44-52(61)58-49(48-67-57-56(65)55(64)54(63)51(47-59)68-57)50(60)43-39-35-31-27-23-19-16-14-12-10-8-6-4-2/h9,11-12,14-15,17,20,23-24,27,32,36,39,43,49-51,54-57,59-60,63-65H,3-8,10,13,16,18-19,21-22,25-26,28-31,33-35,37-38,40-42,44-48H2,1-2H3,(H,58,61)/b11-9-,14-12+,17-15-,24-20-,27-23+,36-32-,43-39+. The molecule has 0 aromatic heterocycles. The summed E-state index contributed by atoms with van der Waals surface area (Å²) in [6.45, 7) is 4.12. The summed E-state index contributed by atoms with van der Waals surface area (Å²) in [7, 11) is 0. The molecule has 390 valence electrons. The van der Waals surface area contributed by atoms with Crippen LogP contribution in [0.2, 0.25) is 0 Å². The van der Waals surface area contributed by atoms with Gasteiger partial charge in [-0.1, -0.05) is 170 Å². The Bertz CT molecular complexity index is 1400. The molecule has 1 heterocycles. The number of ether oxygens (including phenoxy) is 3. The summed E-state index contributed by atoms with van der Waals surface area (Å²) in [6, 6.07) is -0.881. The highest BCUT2D eigenvalue weighted by molar-refractivity contribution is 5.76. The number of esters is 1. The van der Waals surface area contributed by atoms with Gasteiger partial charge < -0.3 is 45.1 Å². The van der Waals surface area contributed by atoms with Crippen molar-refractivity contribution in [1.29, 1.82) is 0 Å². The third-order valence-electron chi connectivity index (χ3n) is 11.9. The molecule has 11 heteroatoms. The normalized spacial score (nSPS) is 20.1. The van der Waals surface area contributed by atoms with E-state index in [4.69, 9.17) is 14.2 Å². The second-order valence-corrected chi connectivity index (χ2v) is 18.2. The first kappa shape index (κ1) is 62.9. The van der Waals surface area contributed by atoms with Crippen LogP contribution in [0.1, 0.15) is 200 Å². The lowest BCUT2D eigenvalue weighted by Gasteiger charge is -2.40. The van der Waals surface area contributed by atoms with Crippen molar-refractivity contribution in [3.63, 3.8) is 0 Å². The number of carbonyl (C=O) groups is 2. The zero-order valence-electron chi connectivity index (χ0n) is 42.5. The molecule has 11 nitrogen and oxygen atoms in total. The van der Waals surface area contributed by atoms with Gasteiger partial charge in [0.15, 0.2) is 6.29 Å². The summed E-state index contributed by atoms with van der Waals surface area (Å²) < 4.78 is 16.6. The highest BCUT2D eigenvalue weighted by Crippen LogP contribution is 2.22. The van der Waals surface area contributed by atoms with Crippen LogP contribution in [0.25, 0.3) is 0 Å². The van der Waals surface area contributed by atoms with Gasteiger partial charge in [-0.05, 0) is 103 Å². The Labute approximate surface area is 413 Å². The van der Waals surface area contributed by atoms with E-state index >= 15 is 0 Å². The summed E-state index contributed by atoms with van der Waals surface area (Å²) in [5.74, 6) is -0.339. The van der Waals surface area contributed by atoms with E-state index < -0.39 is 49.5 Å². The fourth-order valence-corrected chi connectivity index (χ4v) is 7.59. The lowest BCUT2D eigenvalue weighted by atomic mass is 9.99. The molecule has 1 aliphatic heterocycles. The van der Waals surface area contributed by atoms with Crippen molar-refractivity contribution >= 4 is 11.9 Å². The number of hydrogen-bond acceptors (Lipinski definition) is 10. The zero-order valence-corrected chi connectivity index (χ0v) is 42.5. The van der Waals surface area contributed by atoms with Crippen molar-refractivity contribution in [2.45, 2.75) is 243 Å². The average molecular weight is 956 g/mol. The molecule has 1 aliphatic rings. The molecule has 0 radical (unpaired) electrons. The number of aliphatic hydroxyl groups is 5. The van der Waals surface area contributed by atoms with Crippen LogP contribution in [0, 0.1) is 0 Å². The second kappa shape index (κ2) is 46.2. The van der Waals surface area contributed by atoms with Gasteiger partial charge in [0, 0.05) is 12.8 Å². The van der Waals surface area contributed by atoms with Gasteiger partial charge in [0.25, 0.3) is 0 Å². The van der Waals surface area contributed by atoms with Crippen molar-refractivity contribution in [3.8, 4) is 0 Å². The third kappa shape index (κ3) is 35.9. The van der Waals surface area contributed by atoms with Crippen LogP contribution >= 0.6 is 0 Å². The van der Waals surface area contributed by atoms with E-state index in [0.717, 1.165) is 89.9 Å². The van der Waals surface area contributed by atoms with E-state index in [1.165, 1.54) is 70.6 Å². The minimum atomic E-state index is -1.60. The molecular formula is C57H97NO10. The van der Waals surface area contributed by atoms with Gasteiger partial charge in [-0.2, -0.15) is 0 Å². The smallest absolute Gasteiger partial charge is 0.305 e. The summed E-state index contributed by atoms with van der Waals surface area (Å²) in [5, 5.41) is 54.1. The number of allylic oxidation sites excluding steroid dienone is 13. The molecule has 7 atom stereocenters. The molecule has 1 fully saturated rings. The first-order valence-corrected chi connectivity index (χ1v) is 26.9. The first-order chi connectivity index (χ1) is 33.2. The topological polar surface area (TPSA) is 175 Å². The Morgan fingerprint density at radius 1 is 0.544 bits per heavy atom. The maximum Gasteiger partial charge on any atom is 0.305 e. The minimum absolute atomic E-state index is 0.0574. The van der Waals surface area contributed by atoms with E-state index in [0.29, 0.717) is 25.9 Å². The molecule has 6 N–H and O–H groups in total. The van der Waals surface area contributed by atoms with Gasteiger partial charge in [0.05, 0.1) is 32.0 Å². The lowest BCUT2D eigenvalue weighted by Crippen LogP contribution is -2.60. The fourth-order valence-electron chi connectivity index (χ4n) is 7.59. The summed E-state index contributed by atoms with van der Waals surface area (Å²) in [4.78, 5) is 25.0. The van der Waals surface area contributed by atoms with Crippen LogP contribution < -0.4 is 5.32 Å². The van der Waals surface area contributed by atoms with Crippen LogP contribution in [0.3, 0.4) is 0 Å². The Hall–Kier alpha value is -3.16. The van der Waals surface area contributed by atoms with Crippen molar-refractivity contribution < 1.29 is 49.3 Å². The number of unbranched alkanes of at least 4 members (excludes halogenated alkanes) is 18. The van der Waals surface area contributed by atoms with Crippen molar-refractivity contribution in [3.05, 3.63) is 85.1 Å². The van der Waals surface area contributed by atoms with E-state index in [-0.39, 0.29) is 24.9 Å². The summed E-state index contributed by atoms with van der Waals surface area (Å²) >= 11 is 0. The number of hydrogen-bond donors (Lipinski definition) is 6. The third-order valence-corrected chi connectivity index (χ3v) is 11.9. The largest absolute Gasteiger partial charge is 0.466 e. The van der Waals surface area contributed by atoms with E-state index in [1.807, 2.05) is 18.2 Å². The highest BCUT2D eigenvalue weighted by atomic mass is 16.7. The predicted molar refractivity (Wildman–Crippen MR) is 278 cm³/mol. The maximum atomic E-state index is 13.0. The average Bonchev–Trinajstić information content (AvgIpc) is 3.33. The Morgan fingerprint density at radius 3 is 1.62 bits per heavy atom. The van der Waals surface area contributed by atoms with Gasteiger partial charge in [-0.3, -0.25) is 9.59 Å². The predicted octanol–water partition coefficient (Wildman–Crippen LogP) is 11.4. The molecular weight excluding hydrogens is 859 g/mol. The molecule has 1 rings (SSSR count). The Kier molecular flexibility index (Phi) is 42.7. The van der Waals surface area contributed by atoms with Gasteiger partial charge in [-0.15, -0.1) is 0 Å². The van der Waals surface area contributed by atoms with Crippen molar-refractivity contribution in [2.24, 2.45) is 0 Å². The van der Waals surface area contributed by atoms with Crippen LogP contribution in [0.15, 0.2) is 85.1 Å². The summed E-state index contributed by atoms with van der Waals surface area (Å²) in [5.41, 5.74) is 0. The molecule has 68 heavy (non-hydrogen) atoms. The Balaban J connectivity index is 2.24. The molecule has 0 aromatic carbocycles. The molecule has 0 aliphatic carbocycles. The zero-order chi connectivity index (χ0) is 49.6. The molecule has 1 amide bonds. The van der Waals surface area contributed by atoms with Gasteiger partial charge >= 0.3 is 5.97 Å². The van der Waals surface area contributed by atoms with Crippen LogP contribution in [0.5, 0.6) is 0 Å². The Morgan fingerprint density at radius 2 is 1.03 bits per heavy atom. The second-order valence-electron chi connectivity index (χ2n) is 18.2. The van der Waals surface area contributed by atoms with Crippen LogP contribution in [0.4, 0.5) is 0 Å². The summed E-state index contributed by atoms with van der Waals surface area (Å²) in [6.07, 6.45) is 51.0. The van der Waals surface area contributed by atoms with Crippen molar-refractivity contribution in [1.82, 2.24) is 5.32 Å². The SMILES string of the molecule is CCCC/C=C\C/C=C\CCCCCCCC(=O)OCCCCCCCC/C=C\C/C=C\CCC(=O)NC(COC1OC(CO)C(O)C(O)C1O)C(O)/C=C/CC/C=C/CC/C=C/CCCCC. The highest BCUT2D eigenvalue weighted by Gasteiger charge is 2.44. The minimum Gasteiger partial charge on any atom is -0.466 e. The van der Waals surface area contributed by atoms with Crippen LogP contribution in [-0.4, -0.2) is 100 Å². The molecule has 0 spiro atoms. The number of amides is 1. The van der Waals surface area contributed by atoms with Crippen LogP contribution in [-0.2, 0) is 23.8 Å². The number of rotatable bonds is 44. The van der Waals surface area contributed by atoms with E-state index in [1.54, 1.807) is 6.08 Å². The van der Waals surface area contributed by atoms with E-state index in [2.05, 4.69) is 79.9 Å². The van der Waals surface area contributed by atoms with E-state index in [9.17, 15) is 35.1 Å². The number of carbonyl (C=O) groups excluding carboxylic acids is 2. The lowest BCUT2D eigenvalue weighted by molar-refractivity contribution is -0.302. The molecule has 1 saturated heterocycles. The number of aliphatic hydroxyl groups excluding tert-OH is 5. The molecule has 0 saturated carbocycles. The molecule has 7 unspecified atom stereocenters. The maximum absolute atomic E-state index is 13.0. The molecule has 0 bridgehead atoms. The van der Waals surface area contributed by atoms with Gasteiger partial charge in [0.1, 0.15) is 24.4 Å². The first-order valence-electron chi connectivity index (χ1n) is 26.9. The quantitative estimate of drug-likeness (QED) is 0.0196.